The molecule has 0 aliphatic rings. The van der Waals surface area contributed by atoms with Crippen molar-refractivity contribution >= 4 is 0 Å². The quantitative estimate of drug-likeness (QED) is 0.442. The van der Waals surface area contributed by atoms with Crippen molar-refractivity contribution in [3.8, 4) is 0 Å². The first-order chi connectivity index (χ1) is 3.77. The first-order valence-corrected chi connectivity index (χ1v) is 2.80. The second-order valence-electron chi connectivity index (χ2n) is 1.73. The fourth-order valence-corrected chi connectivity index (χ4v) is 0.276. The van der Waals surface area contributed by atoms with E-state index in [9.17, 15) is 0 Å². The molecule has 0 rings (SSSR count). The summed E-state index contributed by atoms with van der Waals surface area (Å²) >= 11 is 0. The molecule has 0 heterocycles. The van der Waals surface area contributed by atoms with Gasteiger partial charge in [0.15, 0.2) is 0 Å². The number of hydrogen-bond donors (Lipinski definition) is 1. The molecule has 0 bridgehead atoms. The predicted octanol–water partition coefficient (Wildman–Crippen LogP) is 1.45. The van der Waals surface area contributed by atoms with Crippen LogP contribution in [0.25, 0.3) is 0 Å². The number of rotatable bonds is 4. The van der Waals surface area contributed by atoms with Crippen LogP contribution < -0.4 is 5.48 Å². The molecule has 0 aromatic carbocycles. The first kappa shape index (κ1) is 7.50. The minimum atomic E-state index is 0.743. The van der Waals surface area contributed by atoms with Crippen molar-refractivity contribution in [2.24, 2.45) is 0 Å². The molecule has 0 fully saturated rings. The summed E-state index contributed by atoms with van der Waals surface area (Å²) in [6.07, 6.45) is 1.03. The van der Waals surface area contributed by atoms with Gasteiger partial charge in [-0.05, 0) is 13.3 Å². The Hall–Kier alpha value is -0.500. The average molecular weight is 115 g/mol. The fraction of sp³-hybridized carbons (Fsp3) is 0.667. The van der Waals surface area contributed by atoms with Gasteiger partial charge < -0.3 is 0 Å². The average Bonchev–Trinajstić information content (AvgIpc) is 1.66. The third-order valence-corrected chi connectivity index (χ3v) is 0.553. The van der Waals surface area contributed by atoms with E-state index in [1.165, 1.54) is 0 Å². The smallest absolute Gasteiger partial charge is 0.0743 e. The Morgan fingerprint density at radius 1 is 1.75 bits per heavy atom. The lowest BCUT2D eigenvalue weighted by Crippen LogP contribution is -2.11. The summed E-state index contributed by atoms with van der Waals surface area (Å²) in [7, 11) is 0. The number of nitrogens with one attached hydrogen (secondary N) is 1. The maximum absolute atomic E-state index is 4.89. The summed E-state index contributed by atoms with van der Waals surface area (Å²) in [6, 6.07) is 0. The van der Waals surface area contributed by atoms with E-state index in [1.54, 1.807) is 0 Å². The summed E-state index contributed by atoms with van der Waals surface area (Å²) in [5, 5.41) is 0. The van der Waals surface area contributed by atoms with Crippen LogP contribution >= 0.6 is 0 Å². The molecule has 2 nitrogen and oxygen atoms in total. The predicted molar refractivity (Wildman–Crippen MR) is 34.2 cm³/mol. The number of hydroxylamine groups is 1. The van der Waals surface area contributed by atoms with Gasteiger partial charge in [-0.25, -0.2) is 0 Å². The van der Waals surface area contributed by atoms with Crippen molar-refractivity contribution in [1.29, 1.82) is 0 Å². The second kappa shape index (κ2) is 4.65. The van der Waals surface area contributed by atoms with Crippen LogP contribution in [0.3, 0.4) is 0 Å². The van der Waals surface area contributed by atoms with Crippen LogP contribution in [-0.2, 0) is 4.84 Å². The van der Waals surface area contributed by atoms with Gasteiger partial charge >= 0.3 is 0 Å². The first-order valence-electron chi connectivity index (χ1n) is 2.80. The molecule has 0 saturated heterocycles. The highest BCUT2D eigenvalue weighted by atomic mass is 16.6. The molecule has 0 unspecified atom stereocenters. The zero-order chi connectivity index (χ0) is 6.41. The van der Waals surface area contributed by atoms with Crippen molar-refractivity contribution in [2.45, 2.75) is 20.3 Å². The zero-order valence-electron chi connectivity index (χ0n) is 5.53. The van der Waals surface area contributed by atoms with E-state index >= 15 is 0 Å². The Balaban J connectivity index is 2.82. The third-order valence-electron chi connectivity index (χ3n) is 0.553. The Bertz CT molecular complexity index is 70.9. The maximum atomic E-state index is 4.89. The van der Waals surface area contributed by atoms with Crippen LogP contribution in [0.1, 0.15) is 20.3 Å². The van der Waals surface area contributed by atoms with Gasteiger partial charge in [-0.15, -0.1) is 0 Å². The molecule has 0 aromatic heterocycles. The van der Waals surface area contributed by atoms with Crippen LogP contribution in [0.5, 0.6) is 0 Å². The van der Waals surface area contributed by atoms with Gasteiger partial charge in [0.25, 0.3) is 0 Å². The van der Waals surface area contributed by atoms with E-state index in [4.69, 9.17) is 4.84 Å². The van der Waals surface area contributed by atoms with Gasteiger partial charge in [0.2, 0.25) is 0 Å². The monoisotopic (exact) mass is 115 g/mol. The van der Waals surface area contributed by atoms with E-state index in [1.807, 2.05) is 6.92 Å². The summed E-state index contributed by atoms with van der Waals surface area (Å²) in [5.41, 5.74) is 3.50. The highest BCUT2D eigenvalue weighted by molar-refractivity contribution is 4.79. The molecule has 0 aliphatic heterocycles. The van der Waals surface area contributed by atoms with Crippen molar-refractivity contribution in [2.75, 3.05) is 6.61 Å². The Labute approximate surface area is 50.5 Å². The van der Waals surface area contributed by atoms with Crippen LogP contribution in [-0.4, -0.2) is 6.61 Å². The largest absolute Gasteiger partial charge is 0.276 e. The molecular weight excluding hydrogens is 102 g/mol. The zero-order valence-corrected chi connectivity index (χ0v) is 5.53. The summed E-state index contributed by atoms with van der Waals surface area (Å²) < 4.78 is 0. The number of hydrogen-bond acceptors (Lipinski definition) is 2. The van der Waals surface area contributed by atoms with E-state index in [2.05, 4.69) is 19.0 Å². The molecule has 0 radical (unpaired) electrons. The molecule has 0 amide bonds. The van der Waals surface area contributed by atoms with Crippen LogP contribution in [0.15, 0.2) is 12.3 Å². The summed E-state index contributed by atoms with van der Waals surface area (Å²) in [5.74, 6) is 0. The molecule has 0 aromatic rings. The van der Waals surface area contributed by atoms with Crippen molar-refractivity contribution in [3.05, 3.63) is 12.3 Å². The van der Waals surface area contributed by atoms with Gasteiger partial charge in [0.1, 0.15) is 0 Å². The molecule has 48 valence electrons. The highest BCUT2D eigenvalue weighted by Gasteiger charge is 1.79. The molecule has 2 heteroatoms. The molecule has 1 N–H and O–H groups in total. The van der Waals surface area contributed by atoms with E-state index in [0.29, 0.717) is 0 Å². The summed E-state index contributed by atoms with van der Waals surface area (Å²) in [6.45, 7) is 8.25. The van der Waals surface area contributed by atoms with Crippen LogP contribution in [0, 0.1) is 0 Å². The van der Waals surface area contributed by atoms with Gasteiger partial charge in [-0.2, -0.15) is 0 Å². The second-order valence-corrected chi connectivity index (χ2v) is 1.73. The fourth-order valence-electron chi connectivity index (χ4n) is 0.276. The third kappa shape index (κ3) is 5.50. The topological polar surface area (TPSA) is 21.3 Å². The molecular formula is C6H13NO. The van der Waals surface area contributed by atoms with Gasteiger partial charge in [0, 0.05) is 5.70 Å². The summed E-state index contributed by atoms with van der Waals surface area (Å²) in [4.78, 5) is 4.89. The molecule has 0 atom stereocenters. The van der Waals surface area contributed by atoms with Crippen molar-refractivity contribution in [1.82, 2.24) is 5.48 Å². The molecule has 8 heavy (non-hydrogen) atoms. The SMILES string of the molecule is C=C(C)NOCCC. The van der Waals surface area contributed by atoms with Gasteiger partial charge in [-0.1, -0.05) is 13.5 Å². The minimum absolute atomic E-state index is 0.743. The van der Waals surface area contributed by atoms with E-state index < -0.39 is 0 Å². The normalized spacial score (nSPS) is 8.75. The van der Waals surface area contributed by atoms with Gasteiger partial charge in [-0.3, -0.25) is 10.3 Å². The molecule has 0 saturated carbocycles. The van der Waals surface area contributed by atoms with Crippen LogP contribution in [0.2, 0.25) is 0 Å². The van der Waals surface area contributed by atoms with Crippen molar-refractivity contribution < 1.29 is 4.84 Å². The molecule has 0 aliphatic carbocycles. The lowest BCUT2D eigenvalue weighted by atomic mass is 10.5. The van der Waals surface area contributed by atoms with Crippen LogP contribution in [0.4, 0.5) is 0 Å². The standard InChI is InChI=1S/C6H13NO/c1-4-5-8-7-6(2)3/h7H,2,4-5H2,1,3H3. The number of allylic oxidation sites excluding steroid dienone is 1. The Morgan fingerprint density at radius 2 is 2.38 bits per heavy atom. The minimum Gasteiger partial charge on any atom is -0.276 e. The highest BCUT2D eigenvalue weighted by Crippen LogP contribution is 1.80. The Morgan fingerprint density at radius 3 is 2.75 bits per heavy atom. The van der Waals surface area contributed by atoms with Crippen molar-refractivity contribution in [3.63, 3.8) is 0 Å². The Kier molecular flexibility index (Phi) is 4.36. The maximum Gasteiger partial charge on any atom is 0.0743 e. The lowest BCUT2D eigenvalue weighted by Gasteiger charge is -2.02. The van der Waals surface area contributed by atoms with Gasteiger partial charge in [0.05, 0.1) is 6.61 Å². The van der Waals surface area contributed by atoms with E-state index in [0.717, 1.165) is 18.7 Å². The lowest BCUT2D eigenvalue weighted by molar-refractivity contribution is 0.0637. The molecule has 0 spiro atoms. The van der Waals surface area contributed by atoms with E-state index in [-0.39, 0.29) is 0 Å².